The summed E-state index contributed by atoms with van der Waals surface area (Å²) >= 11 is 0. The van der Waals surface area contributed by atoms with Crippen LogP contribution in [0.3, 0.4) is 0 Å². The Balaban J connectivity index is 0.00000324. The van der Waals surface area contributed by atoms with Crippen molar-refractivity contribution in [2.45, 2.75) is 33.2 Å². The molecule has 4 rings (SSSR count). The lowest BCUT2D eigenvalue weighted by atomic mass is 10.1. The average molecular weight is 572 g/mol. The van der Waals surface area contributed by atoms with E-state index >= 15 is 0 Å². The molecule has 0 unspecified atom stereocenters. The molecule has 9 heteroatoms. The zero-order valence-electron chi connectivity index (χ0n) is 19.3. The normalized spacial score (nSPS) is 11.2. The number of hydrogen-bond acceptors (Lipinski definition) is 6. The summed E-state index contributed by atoms with van der Waals surface area (Å²) in [5.74, 6) is 2.63. The van der Waals surface area contributed by atoms with Gasteiger partial charge < -0.3 is 19.6 Å². The number of nitrogens with zero attached hydrogens (tertiary/aromatic N) is 4. The average Bonchev–Trinajstić information content (AvgIpc) is 3.53. The minimum atomic E-state index is 0. The van der Waals surface area contributed by atoms with Crippen molar-refractivity contribution in [2.75, 3.05) is 13.1 Å². The molecule has 8 nitrogen and oxygen atoms in total. The smallest absolute Gasteiger partial charge is 0.257 e. The van der Waals surface area contributed by atoms with Gasteiger partial charge in [-0.2, -0.15) is 4.98 Å². The first-order chi connectivity index (χ1) is 16.2. The van der Waals surface area contributed by atoms with Gasteiger partial charge in [-0.25, -0.2) is 9.98 Å². The van der Waals surface area contributed by atoms with Crippen LogP contribution in [-0.4, -0.2) is 34.2 Å². The molecule has 0 aliphatic carbocycles. The van der Waals surface area contributed by atoms with Gasteiger partial charge in [0, 0.05) is 30.6 Å². The van der Waals surface area contributed by atoms with Gasteiger partial charge in [-0.3, -0.25) is 0 Å². The van der Waals surface area contributed by atoms with Crippen LogP contribution >= 0.6 is 24.0 Å². The van der Waals surface area contributed by atoms with Crippen LogP contribution < -0.4 is 10.6 Å². The minimum Gasteiger partial charge on any atom is -0.444 e. The third-order valence-electron chi connectivity index (χ3n) is 5.01. The van der Waals surface area contributed by atoms with Crippen molar-refractivity contribution in [1.29, 1.82) is 0 Å². The number of benzene rings is 2. The van der Waals surface area contributed by atoms with Crippen molar-refractivity contribution in [3.63, 3.8) is 0 Å². The predicted octanol–water partition coefficient (Wildman–Crippen LogP) is 4.87. The van der Waals surface area contributed by atoms with Crippen molar-refractivity contribution in [3.05, 3.63) is 77.9 Å². The standard InChI is InChI=1S/C25H28N6O2.HI/c1-3-22-30-24(33-31-22)20-12-10-18(11-13-20)14-15-27-25(26-4-2)28-16-21-17-32-23(29-21)19-8-6-5-7-9-19;/h5-13,17H,3-4,14-16H2,1-2H3,(H2,26,27,28);1H. The first-order valence-electron chi connectivity index (χ1n) is 11.2. The molecule has 0 aliphatic heterocycles. The van der Waals surface area contributed by atoms with E-state index < -0.39 is 0 Å². The fourth-order valence-corrected chi connectivity index (χ4v) is 3.25. The van der Waals surface area contributed by atoms with Crippen LogP contribution in [0.15, 0.2) is 74.8 Å². The van der Waals surface area contributed by atoms with Gasteiger partial charge in [0.2, 0.25) is 5.89 Å². The van der Waals surface area contributed by atoms with Gasteiger partial charge in [0.05, 0.1) is 6.54 Å². The molecule has 0 saturated carbocycles. The number of aliphatic imine (C=N–C) groups is 1. The van der Waals surface area contributed by atoms with Crippen LogP contribution in [0.5, 0.6) is 0 Å². The van der Waals surface area contributed by atoms with E-state index in [2.05, 4.69) is 42.9 Å². The maximum absolute atomic E-state index is 5.59. The van der Waals surface area contributed by atoms with Crippen molar-refractivity contribution < 1.29 is 8.94 Å². The maximum Gasteiger partial charge on any atom is 0.257 e. The molecule has 0 bridgehead atoms. The zero-order chi connectivity index (χ0) is 22.9. The second-order valence-electron chi connectivity index (χ2n) is 7.45. The van der Waals surface area contributed by atoms with Crippen molar-refractivity contribution in [3.8, 4) is 22.9 Å². The van der Waals surface area contributed by atoms with E-state index in [0.29, 0.717) is 18.3 Å². The Morgan fingerprint density at radius 2 is 1.68 bits per heavy atom. The number of aromatic nitrogens is 3. The highest BCUT2D eigenvalue weighted by atomic mass is 127. The Labute approximate surface area is 216 Å². The Morgan fingerprint density at radius 1 is 0.912 bits per heavy atom. The van der Waals surface area contributed by atoms with Gasteiger partial charge in [0.1, 0.15) is 12.0 Å². The number of oxazole rings is 1. The monoisotopic (exact) mass is 572 g/mol. The summed E-state index contributed by atoms with van der Waals surface area (Å²) in [6, 6.07) is 18.0. The van der Waals surface area contributed by atoms with E-state index in [9.17, 15) is 0 Å². The molecule has 4 aromatic rings. The van der Waals surface area contributed by atoms with Crippen LogP contribution in [0.25, 0.3) is 22.9 Å². The lowest BCUT2D eigenvalue weighted by molar-refractivity contribution is 0.423. The molecular weight excluding hydrogens is 543 g/mol. The van der Waals surface area contributed by atoms with E-state index in [-0.39, 0.29) is 24.0 Å². The molecule has 0 spiro atoms. The van der Waals surface area contributed by atoms with Crippen molar-refractivity contribution in [1.82, 2.24) is 25.8 Å². The molecule has 2 aromatic carbocycles. The fourth-order valence-electron chi connectivity index (χ4n) is 3.25. The molecule has 178 valence electrons. The molecular formula is C25H29IN6O2. The predicted molar refractivity (Wildman–Crippen MR) is 143 cm³/mol. The maximum atomic E-state index is 5.59. The third kappa shape index (κ3) is 6.89. The summed E-state index contributed by atoms with van der Waals surface area (Å²) in [6.07, 6.45) is 3.27. The Bertz CT molecular complexity index is 1170. The topological polar surface area (TPSA) is 101 Å². The second-order valence-corrected chi connectivity index (χ2v) is 7.45. The molecule has 0 amide bonds. The number of rotatable bonds is 9. The van der Waals surface area contributed by atoms with Gasteiger partial charge >= 0.3 is 0 Å². The molecule has 0 saturated heterocycles. The largest absolute Gasteiger partial charge is 0.444 e. The quantitative estimate of drug-likeness (QED) is 0.168. The molecule has 34 heavy (non-hydrogen) atoms. The van der Waals surface area contributed by atoms with Gasteiger partial charge in [-0.15, -0.1) is 24.0 Å². The van der Waals surface area contributed by atoms with Crippen LogP contribution in [0.2, 0.25) is 0 Å². The fraction of sp³-hybridized carbons (Fsp3) is 0.280. The van der Waals surface area contributed by atoms with Crippen LogP contribution in [0, 0.1) is 0 Å². The Kier molecular flexibility index (Phi) is 9.62. The highest BCUT2D eigenvalue weighted by Crippen LogP contribution is 2.19. The summed E-state index contributed by atoms with van der Waals surface area (Å²) in [7, 11) is 0. The summed E-state index contributed by atoms with van der Waals surface area (Å²) < 4.78 is 10.9. The van der Waals surface area contributed by atoms with Gasteiger partial charge in [-0.1, -0.05) is 42.4 Å². The van der Waals surface area contributed by atoms with Crippen molar-refractivity contribution in [2.24, 2.45) is 4.99 Å². The van der Waals surface area contributed by atoms with Crippen LogP contribution in [-0.2, 0) is 19.4 Å². The molecule has 0 radical (unpaired) electrons. The third-order valence-corrected chi connectivity index (χ3v) is 5.01. The first kappa shape index (κ1) is 25.4. The van der Waals surface area contributed by atoms with Crippen LogP contribution in [0.1, 0.15) is 30.9 Å². The van der Waals surface area contributed by atoms with E-state index in [1.165, 1.54) is 5.56 Å². The van der Waals surface area contributed by atoms with Gasteiger partial charge in [-0.05, 0) is 43.2 Å². The lowest BCUT2D eigenvalue weighted by Crippen LogP contribution is -2.38. The van der Waals surface area contributed by atoms with E-state index in [0.717, 1.165) is 54.5 Å². The molecule has 0 fully saturated rings. The SMILES string of the molecule is CCNC(=NCc1coc(-c2ccccc2)n1)NCCc1ccc(-c2nc(CC)no2)cc1.I. The highest BCUT2D eigenvalue weighted by molar-refractivity contribution is 14.0. The van der Waals surface area contributed by atoms with Crippen LogP contribution in [0.4, 0.5) is 0 Å². The van der Waals surface area contributed by atoms with Gasteiger partial charge in [0.25, 0.3) is 5.89 Å². The molecule has 2 heterocycles. The Hall–Kier alpha value is -3.21. The number of halogens is 1. The molecule has 0 aliphatic rings. The minimum absolute atomic E-state index is 0. The molecule has 2 N–H and O–H groups in total. The number of guanidine groups is 1. The highest BCUT2D eigenvalue weighted by Gasteiger charge is 2.08. The first-order valence-corrected chi connectivity index (χ1v) is 11.2. The Morgan fingerprint density at radius 3 is 2.38 bits per heavy atom. The molecule has 2 aromatic heterocycles. The number of hydrogen-bond donors (Lipinski definition) is 2. The van der Waals surface area contributed by atoms with E-state index in [1.807, 2.05) is 56.3 Å². The van der Waals surface area contributed by atoms with E-state index in [4.69, 9.17) is 8.94 Å². The van der Waals surface area contributed by atoms with Gasteiger partial charge in [0.15, 0.2) is 11.8 Å². The summed E-state index contributed by atoms with van der Waals surface area (Å²) in [5.41, 5.74) is 3.88. The van der Waals surface area contributed by atoms with Crippen molar-refractivity contribution >= 4 is 29.9 Å². The second kappa shape index (κ2) is 12.9. The summed E-state index contributed by atoms with van der Waals surface area (Å²) in [6.45, 7) is 6.01. The number of aryl methyl sites for hydroxylation is 1. The summed E-state index contributed by atoms with van der Waals surface area (Å²) in [5, 5.41) is 10.6. The van der Waals surface area contributed by atoms with E-state index in [1.54, 1.807) is 6.26 Å². The molecule has 0 atom stereocenters. The summed E-state index contributed by atoms with van der Waals surface area (Å²) in [4.78, 5) is 13.5. The zero-order valence-corrected chi connectivity index (χ0v) is 21.7. The number of nitrogens with one attached hydrogen (secondary N) is 2. The lowest BCUT2D eigenvalue weighted by Gasteiger charge is -2.11.